The maximum Gasteiger partial charge on any atom is 0.241 e. The molecular weight excluding hydrogens is 252 g/mol. The Balaban J connectivity index is 2.13. The molecule has 18 heavy (non-hydrogen) atoms. The fourth-order valence-corrected chi connectivity index (χ4v) is 4.61. The average Bonchev–Trinajstić information content (AvgIpc) is 2.78. The van der Waals surface area contributed by atoms with E-state index in [2.05, 4.69) is 19.2 Å². The number of sulfone groups is 1. The van der Waals surface area contributed by atoms with Crippen LogP contribution < -0.4 is 5.32 Å². The van der Waals surface area contributed by atoms with E-state index in [9.17, 15) is 13.2 Å². The lowest BCUT2D eigenvalue weighted by molar-refractivity contribution is -0.132. The molecule has 104 valence electrons. The van der Waals surface area contributed by atoms with Crippen molar-refractivity contribution >= 4 is 15.7 Å². The number of carbonyl (C=O) groups is 1. The second kappa shape index (κ2) is 4.81. The SMILES string of the molecule is CCC(C)C1NC(C)N(C2CCS(=O)(=O)C2)C1=O. The molecule has 0 spiro atoms. The monoisotopic (exact) mass is 274 g/mol. The lowest BCUT2D eigenvalue weighted by Crippen LogP contribution is -2.43. The number of rotatable bonds is 3. The van der Waals surface area contributed by atoms with Crippen molar-refractivity contribution < 1.29 is 13.2 Å². The molecule has 2 fully saturated rings. The van der Waals surface area contributed by atoms with Gasteiger partial charge in [0.25, 0.3) is 0 Å². The van der Waals surface area contributed by atoms with Crippen molar-refractivity contribution in [3.05, 3.63) is 0 Å². The molecule has 5 nitrogen and oxygen atoms in total. The van der Waals surface area contributed by atoms with Crippen LogP contribution in [0.15, 0.2) is 0 Å². The van der Waals surface area contributed by atoms with Crippen LogP contribution in [0.25, 0.3) is 0 Å². The quantitative estimate of drug-likeness (QED) is 0.807. The molecule has 0 bridgehead atoms. The molecule has 1 amide bonds. The summed E-state index contributed by atoms with van der Waals surface area (Å²) in [6.07, 6.45) is 1.45. The predicted molar refractivity (Wildman–Crippen MR) is 69.7 cm³/mol. The summed E-state index contributed by atoms with van der Waals surface area (Å²) in [6.45, 7) is 6.05. The topological polar surface area (TPSA) is 66.5 Å². The highest BCUT2D eigenvalue weighted by atomic mass is 32.2. The first kappa shape index (κ1) is 13.8. The minimum absolute atomic E-state index is 0.0604. The van der Waals surface area contributed by atoms with Gasteiger partial charge in [-0.1, -0.05) is 20.3 Å². The Hall–Kier alpha value is -0.620. The van der Waals surface area contributed by atoms with E-state index in [1.165, 1.54) is 0 Å². The van der Waals surface area contributed by atoms with Gasteiger partial charge in [0, 0.05) is 6.04 Å². The normalized spacial score (nSPS) is 37.2. The third-order valence-corrected chi connectivity index (χ3v) is 5.92. The highest BCUT2D eigenvalue weighted by Crippen LogP contribution is 2.26. The molecule has 0 radical (unpaired) electrons. The molecule has 0 aromatic carbocycles. The van der Waals surface area contributed by atoms with Gasteiger partial charge in [0.15, 0.2) is 9.84 Å². The molecule has 2 aliphatic rings. The van der Waals surface area contributed by atoms with E-state index in [1.54, 1.807) is 4.90 Å². The van der Waals surface area contributed by atoms with Crippen LogP contribution >= 0.6 is 0 Å². The van der Waals surface area contributed by atoms with Crippen LogP contribution in [0.5, 0.6) is 0 Å². The first-order chi connectivity index (χ1) is 8.35. The van der Waals surface area contributed by atoms with Crippen LogP contribution in [0.3, 0.4) is 0 Å². The van der Waals surface area contributed by atoms with Crippen molar-refractivity contribution in [3.63, 3.8) is 0 Å². The van der Waals surface area contributed by atoms with E-state index in [4.69, 9.17) is 0 Å². The molecule has 2 aliphatic heterocycles. The van der Waals surface area contributed by atoms with Crippen LogP contribution in [0.2, 0.25) is 0 Å². The number of carbonyl (C=O) groups excluding carboxylic acids is 1. The molecule has 0 saturated carbocycles. The Bertz CT molecular complexity index is 435. The number of nitrogens with zero attached hydrogens (tertiary/aromatic N) is 1. The van der Waals surface area contributed by atoms with Crippen LogP contribution in [-0.4, -0.2) is 49.0 Å². The van der Waals surface area contributed by atoms with E-state index in [-0.39, 0.29) is 41.6 Å². The Morgan fingerprint density at radius 2 is 2.17 bits per heavy atom. The Labute approximate surface area is 109 Å². The zero-order valence-corrected chi connectivity index (χ0v) is 12.0. The first-order valence-corrected chi connectivity index (χ1v) is 8.46. The van der Waals surface area contributed by atoms with Crippen molar-refractivity contribution in [2.45, 2.75) is 51.9 Å². The van der Waals surface area contributed by atoms with Crippen molar-refractivity contribution in [1.29, 1.82) is 0 Å². The fourth-order valence-electron chi connectivity index (χ4n) is 2.90. The van der Waals surface area contributed by atoms with Crippen LogP contribution in [0.4, 0.5) is 0 Å². The van der Waals surface area contributed by atoms with Gasteiger partial charge >= 0.3 is 0 Å². The highest BCUT2D eigenvalue weighted by molar-refractivity contribution is 7.91. The third kappa shape index (κ3) is 2.40. The highest BCUT2D eigenvalue weighted by Gasteiger charge is 2.45. The third-order valence-electron chi connectivity index (χ3n) is 4.17. The van der Waals surface area contributed by atoms with Crippen molar-refractivity contribution in [2.24, 2.45) is 5.92 Å². The lowest BCUT2D eigenvalue weighted by atomic mass is 9.99. The molecule has 0 aromatic heterocycles. The van der Waals surface area contributed by atoms with Gasteiger partial charge < -0.3 is 4.90 Å². The Morgan fingerprint density at radius 1 is 1.50 bits per heavy atom. The fraction of sp³-hybridized carbons (Fsp3) is 0.917. The van der Waals surface area contributed by atoms with Crippen LogP contribution in [-0.2, 0) is 14.6 Å². The molecule has 4 unspecified atom stereocenters. The van der Waals surface area contributed by atoms with Gasteiger partial charge in [-0.05, 0) is 19.3 Å². The Kier molecular flexibility index (Phi) is 3.69. The Morgan fingerprint density at radius 3 is 2.67 bits per heavy atom. The summed E-state index contributed by atoms with van der Waals surface area (Å²) in [5.41, 5.74) is 0. The number of hydrogen-bond acceptors (Lipinski definition) is 4. The molecule has 0 aromatic rings. The van der Waals surface area contributed by atoms with Crippen molar-refractivity contribution in [1.82, 2.24) is 10.2 Å². The maximum absolute atomic E-state index is 12.4. The molecule has 2 heterocycles. The molecular formula is C12H22N2O3S. The van der Waals surface area contributed by atoms with Crippen molar-refractivity contribution in [2.75, 3.05) is 11.5 Å². The second-order valence-electron chi connectivity index (χ2n) is 5.51. The second-order valence-corrected chi connectivity index (χ2v) is 7.74. The summed E-state index contributed by atoms with van der Waals surface area (Å²) in [7, 11) is -2.94. The molecule has 1 N–H and O–H groups in total. The molecule has 2 rings (SSSR count). The molecule has 0 aliphatic carbocycles. The summed E-state index contributed by atoms with van der Waals surface area (Å²) in [4.78, 5) is 14.1. The van der Waals surface area contributed by atoms with E-state index < -0.39 is 9.84 Å². The van der Waals surface area contributed by atoms with E-state index in [0.717, 1.165) is 6.42 Å². The zero-order chi connectivity index (χ0) is 13.5. The van der Waals surface area contributed by atoms with Gasteiger partial charge in [0.2, 0.25) is 5.91 Å². The molecule has 6 heteroatoms. The summed E-state index contributed by atoms with van der Waals surface area (Å²) in [6, 6.07) is -0.299. The van der Waals surface area contributed by atoms with E-state index >= 15 is 0 Å². The smallest absolute Gasteiger partial charge is 0.241 e. The van der Waals surface area contributed by atoms with E-state index in [0.29, 0.717) is 6.42 Å². The largest absolute Gasteiger partial charge is 0.322 e. The predicted octanol–water partition coefficient (Wildman–Crippen LogP) is 0.366. The van der Waals surface area contributed by atoms with Gasteiger partial charge in [-0.25, -0.2) is 8.42 Å². The maximum atomic E-state index is 12.4. The molecule has 2 saturated heterocycles. The van der Waals surface area contributed by atoms with Gasteiger partial charge in [-0.3, -0.25) is 10.1 Å². The summed E-state index contributed by atoms with van der Waals surface area (Å²) in [5.74, 6) is 0.682. The zero-order valence-electron chi connectivity index (χ0n) is 11.2. The summed E-state index contributed by atoms with van der Waals surface area (Å²) >= 11 is 0. The number of nitrogens with one attached hydrogen (secondary N) is 1. The summed E-state index contributed by atoms with van der Waals surface area (Å²) in [5, 5.41) is 3.29. The average molecular weight is 274 g/mol. The standard InChI is InChI=1S/C12H22N2O3S/c1-4-8(2)11-12(15)14(9(3)13-11)10-5-6-18(16,17)7-10/h8-11,13H,4-7H2,1-3H3. The van der Waals surface area contributed by atoms with Gasteiger partial charge in [-0.2, -0.15) is 0 Å². The van der Waals surface area contributed by atoms with Gasteiger partial charge in [0.1, 0.15) is 0 Å². The van der Waals surface area contributed by atoms with Crippen molar-refractivity contribution in [3.8, 4) is 0 Å². The minimum Gasteiger partial charge on any atom is -0.322 e. The minimum atomic E-state index is -2.94. The van der Waals surface area contributed by atoms with Gasteiger partial charge in [-0.15, -0.1) is 0 Å². The summed E-state index contributed by atoms with van der Waals surface area (Å²) < 4.78 is 23.0. The number of hydrogen-bond donors (Lipinski definition) is 1. The lowest BCUT2D eigenvalue weighted by Gasteiger charge is -2.27. The number of amides is 1. The van der Waals surface area contributed by atoms with Crippen LogP contribution in [0.1, 0.15) is 33.6 Å². The van der Waals surface area contributed by atoms with E-state index in [1.807, 2.05) is 6.92 Å². The van der Waals surface area contributed by atoms with Gasteiger partial charge in [0.05, 0.1) is 23.7 Å². The molecule has 4 atom stereocenters. The van der Waals surface area contributed by atoms with Crippen LogP contribution in [0, 0.1) is 5.92 Å². The first-order valence-electron chi connectivity index (χ1n) is 6.64.